The summed E-state index contributed by atoms with van der Waals surface area (Å²) in [6.07, 6.45) is 1.46. The molecule has 3 heteroatoms. The van der Waals surface area contributed by atoms with E-state index in [-0.39, 0.29) is 12.2 Å². The Kier molecular flexibility index (Phi) is 7.78. The zero-order valence-electron chi connectivity index (χ0n) is 13.3. The van der Waals surface area contributed by atoms with Gasteiger partial charge in [0.2, 0.25) is 0 Å². The Morgan fingerprint density at radius 2 is 1.85 bits per heavy atom. The quantitative estimate of drug-likeness (QED) is 0.722. The van der Waals surface area contributed by atoms with Crippen LogP contribution in [0.1, 0.15) is 52.7 Å². The van der Waals surface area contributed by atoms with Crippen LogP contribution in [0.2, 0.25) is 0 Å². The SMILES string of the molecule is CC(C)CC(C)OC(CNC(C)C)c1cccc(Br)c1. The van der Waals surface area contributed by atoms with E-state index < -0.39 is 0 Å². The van der Waals surface area contributed by atoms with Gasteiger partial charge in [0.05, 0.1) is 12.2 Å². The monoisotopic (exact) mass is 341 g/mol. The molecule has 1 aromatic rings. The van der Waals surface area contributed by atoms with Gasteiger partial charge < -0.3 is 10.1 Å². The van der Waals surface area contributed by atoms with E-state index in [0.717, 1.165) is 17.4 Å². The molecule has 2 nitrogen and oxygen atoms in total. The molecule has 0 aliphatic heterocycles. The van der Waals surface area contributed by atoms with Gasteiger partial charge in [0.25, 0.3) is 0 Å². The first-order chi connectivity index (χ1) is 9.38. The standard InChI is InChI=1S/C17H28BrNO/c1-12(2)9-14(5)20-17(11-19-13(3)4)15-7-6-8-16(18)10-15/h6-8,10,12-14,17,19H,9,11H2,1-5H3. The topological polar surface area (TPSA) is 21.3 Å². The van der Waals surface area contributed by atoms with E-state index in [1.165, 1.54) is 5.56 Å². The van der Waals surface area contributed by atoms with Gasteiger partial charge in [-0.05, 0) is 37.0 Å². The second-order valence-electron chi connectivity index (χ2n) is 6.18. The summed E-state index contributed by atoms with van der Waals surface area (Å²) in [5.41, 5.74) is 1.23. The molecular weight excluding hydrogens is 314 g/mol. The molecule has 114 valence electrons. The Labute approximate surface area is 132 Å². The molecule has 0 saturated heterocycles. The highest BCUT2D eigenvalue weighted by Crippen LogP contribution is 2.24. The molecule has 0 fully saturated rings. The first-order valence-corrected chi connectivity index (χ1v) is 8.32. The Balaban J connectivity index is 2.74. The van der Waals surface area contributed by atoms with Crippen LogP contribution in [-0.4, -0.2) is 18.7 Å². The van der Waals surface area contributed by atoms with Crippen molar-refractivity contribution >= 4 is 15.9 Å². The molecule has 0 heterocycles. The molecule has 2 unspecified atom stereocenters. The molecule has 0 saturated carbocycles. The lowest BCUT2D eigenvalue weighted by Gasteiger charge is -2.25. The van der Waals surface area contributed by atoms with Gasteiger partial charge in [0, 0.05) is 17.1 Å². The van der Waals surface area contributed by atoms with Crippen LogP contribution in [0, 0.1) is 5.92 Å². The zero-order valence-corrected chi connectivity index (χ0v) is 14.9. The van der Waals surface area contributed by atoms with Crippen LogP contribution in [0.3, 0.4) is 0 Å². The molecular formula is C17H28BrNO. The highest BCUT2D eigenvalue weighted by molar-refractivity contribution is 9.10. The van der Waals surface area contributed by atoms with E-state index >= 15 is 0 Å². The molecule has 0 radical (unpaired) electrons. The minimum atomic E-state index is 0.101. The molecule has 0 spiro atoms. The summed E-state index contributed by atoms with van der Waals surface area (Å²) in [6, 6.07) is 8.87. The highest BCUT2D eigenvalue weighted by Gasteiger charge is 2.17. The van der Waals surface area contributed by atoms with E-state index in [2.05, 4.69) is 74.1 Å². The maximum absolute atomic E-state index is 6.27. The lowest BCUT2D eigenvalue weighted by atomic mass is 10.1. The smallest absolute Gasteiger partial charge is 0.0953 e. The summed E-state index contributed by atoms with van der Waals surface area (Å²) in [4.78, 5) is 0. The van der Waals surface area contributed by atoms with Gasteiger partial charge in [0.1, 0.15) is 0 Å². The van der Waals surface area contributed by atoms with Gasteiger partial charge in [-0.3, -0.25) is 0 Å². The van der Waals surface area contributed by atoms with E-state index in [9.17, 15) is 0 Å². The van der Waals surface area contributed by atoms with Crippen LogP contribution in [0.4, 0.5) is 0 Å². The fourth-order valence-electron chi connectivity index (χ4n) is 2.29. The Hall–Kier alpha value is -0.380. The first kappa shape index (κ1) is 17.7. The summed E-state index contributed by atoms with van der Waals surface area (Å²) in [7, 11) is 0. The lowest BCUT2D eigenvalue weighted by Crippen LogP contribution is -2.31. The molecule has 2 atom stereocenters. The van der Waals surface area contributed by atoms with Crippen molar-refractivity contribution < 1.29 is 4.74 Å². The van der Waals surface area contributed by atoms with Gasteiger partial charge >= 0.3 is 0 Å². The molecule has 0 aliphatic carbocycles. The first-order valence-electron chi connectivity index (χ1n) is 7.52. The van der Waals surface area contributed by atoms with Crippen molar-refractivity contribution in [1.82, 2.24) is 5.32 Å². The van der Waals surface area contributed by atoms with Gasteiger partial charge in [0.15, 0.2) is 0 Å². The summed E-state index contributed by atoms with van der Waals surface area (Å²) >= 11 is 3.54. The van der Waals surface area contributed by atoms with Crippen molar-refractivity contribution in [1.29, 1.82) is 0 Å². The average Bonchev–Trinajstić information content (AvgIpc) is 2.33. The number of rotatable bonds is 8. The third kappa shape index (κ3) is 6.87. The van der Waals surface area contributed by atoms with Crippen molar-refractivity contribution in [2.75, 3.05) is 6.54 Å². The van der Waals surface area contributed by atoms with E-state index in [4.69, 9.17) is 4.74 Å². The molecule has 20 heavy (non-hydrogen) atoms. The van der Waals surface area contributed by atoms with Crippen LogP contribution in [-0.2, 0) is 4.74 Å². The maximum atomic E-state index is 6.27. The van der Waals surface area contributed by atoms with Crippen LogP contribution < -0.4 is 5.32 Å². The largest absolute Gasteiger partial charge is 0.369 e. The van der Waals surface area contributed by atoms with E-state index in [1.54, 1.807) is 0 Å². The van der Waals surface area contributed by atoms with Gasteiger partial charge in [-0.1, -0.05) is 55.8 Å². The van der Waals surface area contributed by atoms with Crippen LogP contribution in [0.15, 0.2) is 28.7 Å². The molecule has 1 N–H and O–H groups in total. The second-order valence-corrected chi connectivity index (χ2v) is 7.10. The maximum Gasteiger partial charge on any atom is 0.0953 e. The van der Waals surface area contributed by atoms with Gasteiger partial charge in [-0.25, -0.2) is 0 Å². The number of ether oxygens (including phenoxy) is 1. The number of benzene rings is 1. The summed E-state index contributed by atoms with van der Waals surface area (Å²) < 4.78 is 7.37. The van der Waals surface area contributed by atoms with Crippen LogP contribution in [0.25, 0.3) is 0 Å². The van der Waals surface area contributed by atoms with E-state index in [1.807, 2.05) is 6.07 Å². The molecule has 0 amide bonds. The van der Waals surface area contributed by atoms with E-state index in [0.29, 0.717) is 12.0 Å². The summed E-state index contributed by atoms with van der Waals surface area (Å²) in [5.74, 6) is 0.659. The van der Waals surface area contributed by atoms with Crippen molar-refractivity contribution in [3.05, 3.63) is 34.3 Å². The van der Waals surface area contributed by atoms with Gasteiger partial charge in [-0.2, -0.15) is 0 Å². The number of hydrogen-bond donors (Lipinski definition) is 1. The Bertz CT molecular complexity index is 392. The fraction of sp³-hybridized carbons (Fsp3) is 0.647. The summed E-state index contributed by atoms with van der Waals surface area (Å²) in [5, 5.41) is 3.48. The normalized spacial score (nSPS) is 14.8. The lowest BCUT2D eigenvalue weighted by molar-refractivity contribution is -0.0134. The third-order valence-electron chi connectivity index (χ3n) is 3.13. The van der Waals surface area contributed by atoms with Crippen LogP contribution >= 0.6 is 15.9 Å². The zero-order chi connectivity index (χ0) is 15.1. The number of halogens is 1. The van der Waals surface area contributed by atoms with Crippen molar-refractivity contribution in [3.8, 4) is 0 Å². The molecule has 0 bridgehead atoms. The van der Waals surface area contributed by atoms with Gasteiger partial charge in [-0.15, -0.1) is 0 Å². The minimum Gasteiger partial charge on any atom is -0.369 e. The van der Waals surface area contributed by atoms with Crippen molar-refractivity contribution in [2.24, 2.45) is 5.92 Å². The highest BCUT2D eigenvalue weighted by atomic mass is 79.9. The predicted octanol–water partition coefficient (Wildman–Crippen LogP) is 4.94. The van der Waals surface area contributed by atoms with Crippen molar-refractivity contribution in [2.45, 2.75) is 59.3 Å². The summed E-state index contributed by atoms with van der Waals surface area (Å²) in [6.45, 7) is 11.8. The fourth-order valence-corrected chi connectivity index (χ4v) is 2.71. The number of hydrogen-bond acceptors (Lipinski definition) is 2. The second kappa shape index (κ2) is 8.81. The molecule has 1 aromatic carbocycles. The average molecular weight is 342 g/mol. The Morgan fingerprint density at radius 1 is 1.15 bits per heavy atom. The minimum absolute atomic E-state index is 0.101. The molecule has 0 aliphatic rings. The number of nitrogens with one attached hydrogen (secondary N) is 1. The third-order valence-corrected chi connectivity index (χ3v) is 3.63. The molecule has 0 aromatic heterocycles. The Morgan fingerprint density at radius 3 is 2.40 bits per heavy atom. The van der Waals surface area contributed by atoms with Crippen LogP contribution in [0.5, 0.6) is 0 Å². The molecule has 1 rings (SSSR count). The predicted molar refractivity (Wildman–Crippen MR) is 90.0 cm³/mol. The van der Waals surface area contributed by atoms with Crippen molar-refractivity contribution in [3.63, 3.8) is 0 Å².